The van der Waals surface area contributed by atoms with Gasteiger partial charge in [-0.25, -0.2) is 0 Å². The summed E-state index contributed by atoms with van der Waals surface area (Å²) in [6.07, 6.45) is 2.31. The summed E-state index contributed by atoms with van der Waals surface area (Å²) in [5.74, 6) is -2.29. The van der Waals surface area contributed by atoms with E-state index in [2.05, 4.69) is 11.9 Å². The molecule has 2 aromatic heterocycles. The summed E-state index contributed by atoms with van der Waals surface area (Å²) in [5.41, 5.74) is 2.99. The Labute approximate surface area is 200 Å². The quantitative estimate of drug-likeness (QED) is 0.538. The van der Waals surface area contributed by atoms with Crippen LogP contribution in [-0.4, -0.2) is 18.4 Å². The number of fused-ring (bicyclic) bond motifs is 1. The molecule has 0 saturated carbocycles. The Kier molecular flexibility index (Phi) is 5.73. The maximum absolute atomic E-state index is 13.7. The van der Waals surface area contributed by atoms with Crippen LogP contribution in [0.3, 0.4) is 0 Å². The van der Waals surface area contributed by atoms with Crippen molar-refractivity contribution in [2.24, 2.45) is 5.92 Å². The molecule has 3 unspecified atom stereocenters. The number of Topliss-reactive ketones (excluding diaryl/α,β-unsaturated/α-hetero) is 1. The smallest absolute Gasteiger partial charge is 0.315 e. The lowest BCUT2D eigenvalue weighted by molar-refractivity contribution is -0.147. The predicted octanol–water partition coefficient (Wildman–Crippen LogP) is 4.94. The number of hydrogen-bond donors (Lipinski definition) is 1. The summed E-state index contributed by atoms with van der Waals surface area (Å²) < 4.78 is 11.2. The van der Waals surface area contributed by atoms with Crippen molar-refractivity contribution in [3.05, 3.63) is 91.7 Å². The van der Waals surface area contributed by atoms with Gasteiger partial charge < -0.3 is 14.5 Å². The first-order chi connectivity index (χ1) is 16.4. The number of allylic oxidation sites excluding steroid dienone is 2. The first kappa shape index (κ1) is 22.3. The van der Waals surface area contributed by atoms with Crippen LogP contribution in [-0.2, 0) is 14.3 Å². The molecular weight excluding hydrogens is 450 g/mol. The minimum Gasteiger partial charge on any atom is -0.465 e. The molecule has 0 spiro atoms. The number of rotatable bonds is 4. The van der Waals surface area contributed by atoms with E-state index in [4.69, 9.17) is 9.15 Å². The van der Waals surface area contributed by atoms with E-state index in [9.17, 15) is 14.4 Å². The fourth-order valence-corrected chi connectivity index (χ4v) is 5.92. The Hall–Kier alpha value is -3.45. The van der Waals surface area contributed by atoms with E-state index in [1.54, 1.807) is 30.4 Å². The summed E-state index contributed by atoms with van der Waals surface area (Å²) in [6.45, 7) is 7.90. The number of carbonyl (C=O) groups is 2. The van der Waals surface area contributed by atoms with Gasteiger partial charge in [0, 0.05) is 45.7 Å². The molecule has 0 fully saturated rings. The lowest BCUT2D eigenvalue weighted by Gasteiger charge is -2.39. The van der Waals surface area contributed by atoms with E-state index in [0.717, 1.165) is 10.4 Å². The molecule has 3 aromatic rings. The molecule has 7 heteroatoms. The van der Waals surface area contributed by atoms with Crippen molar-refractivity contribution in [1.82, 2.24) is 5.32 Å². The SMILES string of the molecule is C=C1NC2=C(C(=O)CC(c3cccs3)C2)C(c2coc3ccc(C)cc3c2=O)C1C(=O)OCC. The van der Waals surface area contributed by atoms with Gasteiger partial charge >= 0.3 is 5.97 Å². The first-order valence-corrected chi connectivity index (χ1v) is 12.2. The Balaban J connectivity index is 1.70. The summed E-state index contributed by atoms with van der Waals surface area (Å²) in [5, 5.41) is 5.65. The van der Waals surface area contributed by atoms with Crippen LogP contribution in [0.15, 0.2) is 74.7 Å². The van der Waals surface area contributed by atoms with Crippen LogP contribution in [0.5, 0.6) is 0 Å². The standard InChI is InChI=1S/C27H25NO5S/c1-4-32-27(31)23-15(3)28-19-11-16(22-6-5-9-34-22)12-20(29)25(19)24(23)18-13-33-21-8-7-14(2)10-17(21)26(18)30/h5-10,13,16,23-24,28H,3-4,11-12H2,1-2H3. The van der Waals surface area contributed by atoms with Crippen molar-refractivity contribution in [2.75, 3.05) is 6.61 Å². The Morgan fingerprint density at radius 3 is 2.82 bits per heavy atom. The van der Waals surface area contributed by atoms with Gasteiger partial charge in [0.2, 0.25) is 0 Å². The van der Waals surface area contributed by atoms with Gasteiger partial charge in [0.1, 0.15) is 11.5 Å². The monoisotopic (exact) mass is 475 g/mol. The molecule has 1 N–H and O–H groups in total. The normalized spacial score (nSPS) is 22.5. The Bertz CT molecular complexity index is 1400. The highest BCUT2D eigenvalue weighted by Gasteiger charge is 2.46. The maximum atomic E-state index is 13.7. The number of aryl methyl sites for hydroxylation is 1. The number of ether oxygens (including phenoxy) is 1. The third-order valence-corrected chi connectivity index (χ3v) is 7.65. The van der Waals surface area contributed by atoms with Gasteiger partial charge in [-0.05, 0) is 43.8 Å². The van der Waals surface area contributed by atoms with Crippen molar-refractivity contribution in [1.29, 1.82) is 0 Å². The number of thiophene rings is 1. The molecule has 34 heavy (non-hydrogen) atoms. The average Bonchev–Trinajstić information content (AvgIpc) is 3.34. The largest absolute Gasteiger partial charge is 0.465 e. The highest BCUT2D eigenvalue weighted by molar-refractivity contribution is 7.10. The molecule has 1 aliphatic carbocycles. The fraction of sp³-hybridized carbons (Fsp3) is 0.296. The maximum Gasteiger partial charge on any atom is 0.315 e. The molecule has 0 amide bonds. The van der Waals surface area contributed by atoms with Crippen molar-refractivity contribution in [3.63, 3.8) is 0 Å². The number of esters is 1. The number of hydrogen-bond acceptors (Lipinski definition) is 7. The highest BCUT2D eigenvalue weighted by atomic mass is 32.1. The number of benzene rings is 1. The fourth-order valence-electron chi connectivity index (χ4n) is 5.09. The lowest BCUT2D eigenvalue weighted by Crippen LogP contribution is -2.43. The van der Waals surface area contributed by atoms with Gasteiger partial charge in [-0.3, -0.25) is 14.4 Å². The molecule has 174 valence electrons. The third-order valence-electron chi connectivity index (χ3n) is 6.61. The van der Waals surface area contributed by atoms with Gasteiger partial charge in [0.25, 0.3) is 0 Å². The third kappa shape index (κ3) is 3.70. The Morgan fingerprint density at radius 1 is 1.26 bits per heavy atom. The molecule has 2 aliphatic rings. The number of ketones is 1. The van der Waals surface area contributed by atoms with E-state index >= 15 is 0 Å². The minimum absolute atomic E-state index is 0.0435. The van der Waals surface area contributed by atoms with Crippen molar-refractivity contribution < 1.29 is 18.7 Å². The van der Waals surface area contributed by atoms with Crippen LogP contribution in [0.2, 0.25) is 0 Å². The molecule has 1 aliphatic heterocycles. The highest BCUT2D eigenvalue weighted by Crippen LogP contribution is 2.47. The van der Waals surface area contributed by atoms with Gasteiger partial charge in [0.05, 0.1) is 18.3 Å². The van der Waals surface area contributed by atoms with Gasteiger partial charge in [-0.15, -0.1) is 11.3 Å². The summed E-state index contributed by atoms with van der Waals surface area (Å²) >= 11 is 1.62. The van der Waals surface area contributed by atoms with Gasteiger partial charge in [-0.1, -0.05) is 24.3 Å². The van der Waals surface area contributed by atoms with Crippen molar-refractivity contribution in [2.45, 2.75) is 38.5 Å². The molecule has 3 heterocycles. The zero-order valence-electron chi connectivity index (χ0n) is 19.1. The molecule has 3 atom stereocenters. The first-order valence-electron chi connectivity index (χ1n) is 11.3. The summed E-state index contributed by atoms with van der Waals surface area (Å²) in [6, 6.07) is 9.40. The average molecular weight is 476 g/mol. The van der Waals surface area contributed by atoms with E-state index in [1.165, 1.54) is 6.26 Å². The van der Waals surface area contributed by atoms with E-state index in [1.807, 2.05) is 30.5 Å². The van der Waals surface area contributed by atoms with E-state index < -0.39 is 17.8 Å². The summed E-state index contributed by atoms with van der Waals surface area (Å²) in [7, 11) is 0. The molecule has 0 radical (unpaired) electrons. The van der Waals surface area contributed by atoms with Gasteiger partial charge in [-0.2, -0.15) is 0 Å². The molecule has 5 rings (SSSR count). The number of carbonyl (C=O) groups excluding carboxylic acids is 2. The second-order valence-electron chi connectivity index (χ2n) is 8.81. The van der Waals surface area contributed by atoms with Crippen LogP contribution in [0.1, 0.15) is 47.6 Å². The molecule has 0 bridgehead atoms. The van der Waals surface area contributed by atoms with Crippen LogP contribution >= 0.6 is 11.3 Å². The zero-order valence-corrected chi connectivity index (χ0v) is 19.9. The van der Waals surface area contributed by atoms with Crippen molar-refractivity contribution >= 4 is 34.1 Å². The molecular formula is C27H25NO5S. The molecule has 6 nitrogen and oxygen atoms in total. The predicted molar refractivity (Wildman–Crippen MR) is 131 cm³/mol. The topological polar surface area (TPSA) is 85.6 Å². The lowest BCUT2D eigenvalue weighted by atomic mass is 9.70. The van der Waals surface area contributed by atoms with Gasteiger partial charge in [0.15, 0.2) is 11.2 Å². The van der Waals surface area contributed by atoms with E-state index in [-0.39, 0.29) is 29.3 Å². The second-order valence-corrected chi connectivity index (χ2v) is 9.79. The summed E-state index contributed by atoms with van der Waals surface area (Å²) in [4.78, 5) is 41.4. The van der Waals surface area contributed by atoms with Crippen LogP contribution < -0.4 is 10.7 Å². The molecule has 0 saturated heterocycles. The van der Waals surface area contributed by atoms with Crippen LogP contribution in [0.25, 0.3) is 11.0 Å². The van der Waals surface area contributed by atoms with Crippen LogP contribution in [0, 0.1) is 12.8 Å². The van der Waals surface area contributed by atoms with E-state index in [0.29, 0.717) is 40.8 Å². The number of nitrogens with one attached hydrogen (secondary N) is 1. The second kappa shape index (κ2) is 8.72. The minimum atomic E-state index is -0.911. The van der Waals surface area contributed by atoms with Crippen LogP contribution in [0.4, 0.5) is 0 Å². The Morgan fingerprint density at radius 2 is 2.09 bits per heavy atom. The zero-order chi connectivity index (χ0) is 24.0. The molecule has 1 aromatic carbocycles. The van der Waals surface area contributed by atoms with Crippen molar-refractivity contribution in [3.8, 4) is 0 Å².